The monoisotopic (exact) mass is 388 g/mol. The molecule has 0 saturated carbocycles. The summed E-state index contributed by atoms with van der Waals surface area (Å²) in [6.45, 7) is 1.59. The summed E-state index contributed by atoms with van der Waals surface area (Å²) in [5.41, 5.74) is 0.248. The van der Waals surface area contributed by atoms with Gasteiger partial charge in [0.25, 0.3) is 5.91 Å². The van der Waals surface area contributed by atoms with Crippen molar-refractivity contribution in [2.45, 2.75) is 4.90 Å². The molecule has 0 aliphatic carbocycles. The van der Waals surface area contributed by atoms with E-state index < -0.39 is 21.9 Å². The van der Waals surface area contributed by atoms with Crippen molar-refractivity contribution in [3.63, 3.8) is 0 Å². The van der Waals surface area contributed by atoms with Gasteiger partial charge < -0.3 is 15.2 Å². The van der Waals surface area contributed by atoms with Crippen LogP contribution >= 0.6 is 11.8 Å². The smallest absolute Gasteiger partial charge is 0.313 e. The van der Waals surface area contributed by atoms with Gasteiger partial charge in [-0.1, -0.05) is 6.07 Å². The summed E-state index contributed by atoms with van der Waals surface area (Å²) in [4.78, 5) is 22.6. The normalized spacial score (nSPS) is 15.7. The number of thioether (sulfide) groups is 1. The Morgan fingerprint density at radius 3 is 2.68 bits per heavy atom. The Labute approximate surface area is 150 Å². The van der Waals surface area contributed by atoms with E-state index in [1.807, 2.05) is 0 Å². The summed E-state index contributed by atoms with van der Waals surface area (Å²) >= 11 is 1.20. The Kier molecular flexibility index (Phi) is 7.24. The molecule has 0 aromatic heterocycles. The lowest BCUT2D eigenvalue weighted by molar-refractivity contribution is -0.133. The number of benzene rings is 1. The average Bonchev–Trinajstić information content (AvgIpc) is 2.62. The molecule has 25 heavy (non-hydrogen) atoms. The first-order valence-corrected chi connectivity index (χ1v) is 10.3. The summed E-state index contributed by atoms with van der Waals surface area (Å²) < 4.78 is 31.7. The molecular weight excluding hydrogens is 368 g/mol. The zero-order chi connectivity index (χ0) is 18.3. The first-order valence-electron chi connectivity index (χ1n) is 7.67. The molecular formula is C15H20N2O6S2. The number of aliphatic carboxylic acids is 1. The minimum Gasteiger partial charge on any atom is -0.481 e. The summed E-state index contributed by atoms with van der Waals surface area (Å²) in [5, 5.41) is 11.2. The molecule has 138 valence electrons. The number of carboxylic acids is 1. The number of morpholine rings is 1. The highest BCUT2D eigenvalue weighted by atomic mass is 32.2. The fourth-order valence-electron chi connectivity index (χ4n) is 2.23. The third-order valence-electron chi connectivity index (χ3n) is 3.46. The lowest BCUT2D eigenvalue weighted by Crippen LogP contribution is -2.40. The molecule has 1 heterocycles. The van der Waals surface area contributed by atoms with Gasteiger partial charge in [-0.15, -0.1) is 11.8 Å². The maximum absolute atomic E-state index is 12.6. The molecule has 2 rings (SSSR count). The number of hydrogen-bond donors (Lipinski definition) is 2. The standard InChI is InChI=1S/C15H20N2O6S2/c18-14(19)11-24-9-4-16-15(20)12-2-1-3-13(10-12)25(21,22)17-5-7-23-8-6-17/h1-3,10H,4-9,11H2,(H,16,20)(H,18,19). The molecule has 8 nitrogen and oxygen atoms in total. The average molecular weight is 388 g/mol. The van der Waals surface area contributed by atoms with Crippen molar-refractivity contribution in [2.24, 2.45) is 0 Å². The van der Waals surface area contributed by atoms with Gasteiger partial charge in [-0.25, -0.2) is 8.42 Å². The molecule has 1 saturated heterocycles. The van der Waals surface area contributed by atoms with E-state index in [1.54, 1.807) is 0 Å². The summed E-state index contributed by atoms with van der Waals surface area (Å²) in [5.74, 6) is -0.861. The van der Waals surface area contributed by atoms with Crippen molar-refractivity contribution in [3.05, 3.63) is 29.8 Å². The predicted octanol–water partition coefficient (Wildman–Crippen LogP) is 0.255. The molecule has 10 heteroatoms. The van der Waals surface area contributed by atoms with Crippen molar-refractivity contribution in [3.8, 4) is 0 Å². The molecule has 1 aliphatic rings. The van der Waals surface area contributed by atoms with Gasteiger partial charge in [-0.2, -0.15) is 4.31 Å². The molecule has 0 atom stereocenters. The fourth-order valence-corrected chi connectivity index (χ4v) is 4.25. The second-order valence-corrected chi connectivity index (χ2v) is 8.29. The number of ether oxygens (including phenoxy) is 1. The quantitative estimate of drug-likeness (QED) is 0.614. The number of amides is 1. The molecule has 0 spiro atoms. The number of nitrogens with zero attached hydrogens (tertiary/aromatic N) is 1. The third kappa shape index (κ3) is 5.70. The van der Waals surface area contributed by atoms with Gasteiger partial charge in [0.05, 0.1) is 23.9 Å². The van der Waals surface area contributed by atoms with Crippen molar-refractivity contribution in [1.82, 2.24) is 9.62 Å². The lowest BCUT2D eigenvalue weighted by atomic mass is 10.2. The molecule has 1 amide bonds. The second kappa shape index (κ2) is 9.18. The van der Waals surface area contributed by atoms with Crippen LogP contribution in [0.15, 0.2) is 29.2 Å². The van der Waals surface area contributed by atoms with Crippen LogP contribution in [0.2, 0.25) is 0 Å². The Hall–Kier alpha value is -1.62. The minimum absolute atomic E-state index is 0.0247. The molecule has 0 radical (unpaired) electrons. The molecule has 1 aromatic rings. The topological polar surface area (TPSA) is 113 Å². The number of sulfonamides is 1. The minimum atomic E-state index is -3.65. The third-order valence-corrected chi connectivity index (χ3v) is 6.30. The Morgan fingerprint density at radius 1 is 1.28 bits per heavy atom. The van der Waals surface area contributed by atoms with Crippen molar-refractivity contribution in [2.75, 3.05) is 44.4 Å². The first kappa shape index (κ1) is 19.7. The van der Waals surface area contributed by atoms with Crippen molar-refractivity contribution in [1.29, 1.82) is 0 Å². The van der Waals surface area contributed by atoms with Crippen LogP contribution in [0.4, 0.5) is 0 Å². The van der Waals surface area contributed by atoms with Gasteiger partial charge in [0.2, 0.25) is 10.0 Å². The highest BCUT2D eigenvalue weighted by Gasteiger charge is 2.26. The van der Waals surface area contributed by atoms with E-state index in [4.69, 9.17) is 9.84 Å². The van der Waals surface area contributed by atoms with E-state index in [1.165, 1.54) is 40.3 Å². The molecule has 1 aliphatic heterocycles. The van der Waals surface area contributed by atoms with Crippen molar-refractivity contribution < 1.29 is 27.9 Å². The van der Waals surface area contributed by atoms with Gasteiger partial charge in [-0.05, 0) is 18.2 Å². The zero-order valence-corrected chi connectivity index (χ0v) is 15.1. The number of hydrogen-bond acceptors (Lipinski definition) is 6. The molecule has 0 bridgehead atoms. The zero-order valence-electron chi connectivity index (χ0n) is 13.5. The van der Waals surface area contributed by atoms with Crippen LogP contribution in [-0.2, 0) is 19.6 Å². The van der Waals surface area contributed by atoms with Crippen LogP contribution in [0.5, 0.6) is 0 Å². The molecule has 0 unspecified atom stereocenters. The van der Waals surface area contributed by atoms with Gasteiger partial charge in [0.1, 0.15) is 0 Å². The van der Waals surface area contributed by atoms with Gasteiger partial charge in [0, 0.05) is 31.0 Å². The maximum Gasteiger partial charge on any atom is 0.313 e. The Balaban J connectivity index is 1.97. The van der Waals surface area contributed by atoms with Crippen LogP contribution in [0.3, 0.4) is 0 Å². The van der Waals surface area contributed by atoms with Gasteiger partial charge in [-0.3, -0.25) is 9.59 Å². The molecule has 1 fully saturated rings. The number of carbonyl (C=O) groups excluding carboxylic acids is 1. The number of carboxylic acid groups (broad SMARTS) is 1. The molecule has 1 aromatic carbocycles. The highest BCUT2D eigenvalue weighted by molar-refractivity contribution is 7.99. The number of nitrogens with one attached hydrogen (secondary N) is 1. The van der Waals surface area contributed by atoms with E-state index in [9.17, 15) is 18.0 Å². The van der Waals surface area contributed by atoms with E-state index in [0.29, 0.717) is 38.6 Å². The summed E-state index contributed by atoms with van der Waals surface area (Å²) in [6, 6.07) is 5.88. The Morgan fingerprint density at radius 2 is 2.00 bits per heavy atom. The number of carbonyl (C=O) groups is 2. The van der Waals surface area contributed by atoms with Crippen LogP contribution in [0.1, 0.15) is 10.4 Å². The van der Waals surface area contributed by atoms with E-state index in [-0.39, 0.29) is 16.2 Å². The summed E-state index contributed by atoms with van der Waals surface area (Å²) in [7, 11) is -3.65. The first-order chi connectivity index (χ1) is 11.9. The Bertz CT molecular complexity index is 716. The van der Waals surface area contributed by atoms with Crippen LogP contribution in [0.25, 0.3) is 0 Å². The highest BCUT2D eigenvalue weighted by Crippen LogP contribution is 2.18. The largest absolute Gasteiger partial charge is 0.481 e. The molecule has 2 N–H and O–H groups in total. The number of rotatable bonds is 8. The van der Waals surface area contributed by atoms with Crippen LogP contribution in [-0.4, -0.2) is 74.1 Å². The van der Waals surface area contributed by atoms with Crippen LogP contribution in [0, 0.1) is 0 Å². The SMILES string of the molecule is O=C(O)CSCCNC(=O)c1cccc(S(=O)(=O)N2CCOCC2)c1. The van der Waals surface area contributed by atoms with Crippen LogP contribution < -0.4 is 5.32 Å². The van der Waals surface area contributed by atoms with Gasteiger partial charge in [0.15, 0.2) is 0 Å². The second-order valence-electron chi connectivity index (χ2n) is 5.25. The van der Waals surface area contributed by atoms with Gasteiger partial charge >= 0.3 is 5.97 Å². The fraction of sp³-hybridized carbons (Fsp3) is 0.467. The van der Waals surface area contributed by atoms with E-state index in [0.717, 1.165) is 0 Å². The van der Waals surface area contributed by atoms with E-state index in [2.05, 4.69) is 5.32 Å². The summed E-state index contributed by atoms with van der Waals surface area (Å²) in [6.07, 6.45) is 0. The maximum atomic E-state index is 12.6. The lowest BCUT2D eigenvalue weighted by Gasteiger charge is -2.26. The van der Waals surface area contributed by atoms with Crippen molar-refractivity contribution >= 4 is 33.7 Å². The predicted molar refractivity (Wildman–Crippen MR) is 93.3 cm³/mol. The van der Waals surface area contributed by atoms with E-state index >= 15 is 0 Å².